The minimum Gasteiger partial charge on any atom is -0.438 e. The first-order chi connectivity index (χ1) is 10.7. The predicted octanol–water partition coefficient (Wildman–Crippen LogP) is 2.80. The van der Waals surface area contributed by atoms with Crippen molar-refractivity contribution < 1.29 is 13.2 Å². The molecule has 7 nitrogen and oxygen atoms in total. The van der Waals surface area contributed by atoms with Crippen LogP contribution in [0.4, 0.5) is 0 Å². The number of hydrogen-bond acceptors (Lipinski definition) is 4. The zero-order valence-electron chi connectivity index (χ0n) is 12.6. The van der Waals surface area contributed by atoms with Gasteiger partial charge in [0, 0.05) is 21.1 Å². The lowest BCUT2D eigenvalue weighted by Crippen LogP contribution is -2.10. The van der Waals surface area contributed by atoms with Crippen molar-refractivity contribution in [2.75, 3.05) is 14.1 Å². The molecular formula is C13H14Cl2N4O3S. The van der Waals surface area contributed by atoms with E-state index in [1.807, 2.05) is 0 Å². The molecule has 0 saturated heterocycles. The van der Waals surface area contributed by atoms with E-state index in [0.717, 1.165) is 0 Å². The van der Waals surface area contributed by atoms with Gasteiger partial charge in [0.15, 0.2) is 5.15 Å². The Morgan fingerprint density at radius 2 is 1.87 bits per heavy atom. The first kappa shape index (κ1) is 17.6. The van der Waals surface area contributed by atoms with E-state index in [2.05, 4.69) is 9.50 Å². The third-order valence-electron chi connectivity index (χ3n) is 2.65. The number of rotatable bonds is 5. The lowest BCUT2D eigenvalue weighted by Gasteiger charge is -2.07. The minimum absolute atomic E-state index is 0.0529. The van der Waals surface area contributed by atoms with Crippen LogP contribution in [0.2, 0.25) is 10.2 Å². The maximum Gasteiger partial charge on any atom is 0.283 e. The predicted molar refractivity (Wildman–Crippen MR) is 89.1 cm³/mol. The summed E-state index contributed by atoms with van der Waals surface area (Å²) in [4.78, 5) is 1.58. The van der Waals surface area contributed by atoms with Crippen molar-refractivity contribution in [2.24, 2.45) is 11.4 Å². The summed E-state index contributed by atoms with van der Waals surface area (Å²) in [5.74, 6) is 0.653. The fourth-order valence-corrected chi connectivity index (χ4v) is 2.88. The van der Waals surface area contributed by atoms with Crippen molar-refractivity contribution in [2.45, 2.75) is 4.90 Å². The Hall–Kier alpha value is -1.77. The van der Waals surface area contributed by atoms with Gasteiger partial charge < -0.3 is 9.64 Å². The van der Waals surface area contributed by atoms with Crippen LogP contribution >= 0.6 is 23.2 Å². The molecule has 0 amide bonds. The van der Waals surface area contributed by atoms with Crippen molar-refractivity contribution in [3.63, 3.8) is 0 Å². The first-order valence-corrected chi connectivity index (χ1v) is 8.53. The topological polar surface area (TPSA) is 76.8 Å². The van der Waals surface area contributed by atoms with Gasteiger partial charge >= 0.3 is 0 Å². The number of aromatic nitrogens is 2. The van der Waals surface area contributed by atoms with Gasteiger partial charge in [0.1, 0.15) is 17.1 Å². The lowest BCUT2D eigenvalue weighted by atomic mass is 10.3. The molecule has 23 heavy (non-hydrogen) atoms. The highest BCUT2D eigenvalue weighted by Crippen LogP contribution is 2.34. The third kappa shape index (κ3) is 4.15. The van der Waals surface area contributed by atoms with Crippen LogP contribution in [0.25, 0.3) is 0 Å². The van der Waals surface area contributed by atoms with Gasteiger partial charge in [-0.15, -0.1) is 4.40 Å². The van der Waals surface area contributed by atoms with Gasteiger partial charge in [0.25, 0.3) is 10.0 Å². The van der Waals surface area contributed by atoms with E-state index >= 15 is 0 Å². The molecule has 1 aromatic heterocycles. The SMILES string of the molecule is CN(C)/C=N\S(=O)(=O)c1ccc(Oc2c(Cl)c(Cl)nn2C)cc1. The normalized spacial score (nSPS) is 11.9. The number of nitrogens with zero attached hydrogens (tertiary/aromatic N) is 4. The third-order valence-corrected chi connectivity index (χ3v) is 4.60. The molecule has 0 N–H and O–H groups in total. The number of sulfonamides is 1. The number of benzene rings is 1. The van der Waals surface area contributed by atoms with Crippen molar-refractivity contribution in [3.05, 3.63) is 34.4 Å². The average Bonchev–Trinajstić information content (AvgIpc) is 2.72. The number of halogens is 2. The molecular weight excluding hydrogens is 363 g/mol. The van der Waals surface area contributed by atoms with Crippen LogP contribution in [0, 0.1) is 0 Å². The minimum atomic E-state index is -3.75. The molecule has 2 aromatic rings. The Labute approximate surface area is 144 Å². The Balaban J connectivity index is 2.23. The molecule has 124 valence electrons. The molecule has 0 bridgehead atoms. The second kappa shape index (κ2) is 6.77. The summed E-state index contributed by atoms with van der Waals surface area (Å²) in [5, 5.41) is 4.22. The van der Waals surface area contributed by atoms with Crippen molar-refractivity contribution in [1.29, 1.82) is 0 Å². The van der Waals surface area contributed by atoms with Crippen LogP contribution < -0.4 is 4.74 Å². The van der Waals surface area contributed by atoms with Crippen molar-refractivity contribution in [3.8, 4) is 11.6 Å². The Morgan fingerprint density at radius 1 is 1.26 bits per heavy atom. The molecule has 0 fully saturated rings. The summed E-state index contributed by atoms with van der Waals surface area (Å²) >= 11 is 11.8. The quantitative estimate of drug-likeness (QED) is 0.592. The fourth-order valence-electron chi connectivity index (χ4n) is 1.57. The molecule has 0 aliphatic heterocycles. The molecule has 1 aromatic carbocycles. The van der Waals surface area contributed by atoms with Crippen LogP contribution in [-0.4, -0.2) is 43.5 Å². The summed E-state index contributed by atoms with van der Waals surface area (Å²) in [5.41, 5.74) is 0. The highest BCUT2D eigenvalue weighted by molar-refractivity contribution is 7.90. The molecule has 0 aliphatic carbocycles. The van der Waals surface area contributed by atoms with E-state index in [-0.39, 0.29) is 21.0 Å². The molecule has 2 rings (SSSR count). The summed E-state index contributed by atoms with van der Waals surface area (Å²) in [7, 11) is 1.24. The van der Waals surface area contributed by atoms with Crippen LogP contribution in [0.1, 0.15) is 0 Å². The van der Waals surface area contributed by atoms with Gasteiger partial charge in [0.05, 0.1) is 4.90 Å². The molecule has 10 heteroatoms. The van der Waals surface area contributed by atoms with Crippen molar-refractivity contribution >= 4 is 39.6 Å². The van der Waals surface area contributed by atoms with Crippen LogP contribution in [0.15, 0.2) is 33.6 Å². The van der Waals surface area contributed by atoms with E-state index in [0.29, 0.717) is 5.75 Å². The number of aryl methyl sites for hydroxylation is 1. The van der Waals surface area contributed by atoms with Gasteiger partial charge in [-0.25, -0.2) is 4.68 Å². The van der Waals surface area contributed by atoms with Gasteiger partial charge in [-0.1, -0.05) is 23.2 Å². The smallest absolute Gasteiger partial charge is 0.283 e. The van der Waals surface area contributed by atoms with Gasteiger partial charge in [-0.2, -0.15) is 13.5 Å². The number of hydrogen-bond donors (Lipinski definition) is 0. The van der Waals surface area contributed by atoms with E-state index in [9.17, 15) is 8.42 Å². The molecule has 0 radical (unpaired) electrons. The van der Waals surface area contributed by atoms with Crippen LogP contribution in [0.5, 0.6) is 11.6 Å². The fraction of sp³-hybridized carbons (Fsp3) is 0.231. The van der Waals surface area contributed by atoms with E-state index < -0.39 is 10.0 Å². The summed E-state index contributed by atoms with van der Waals surface area (Å²) in [6.07, 6.45) is 1.22. The van der Waals surface area contributed by atoms with E-state index in [1.54, 1.807) is 21.1 Å². The maximum absolute atomic E-state index is 12.0. The second-order valence-corrected chi connectivity index (χ2v) is 7.13. The average molecular weight is 377 g/mol. The number of ether oxygens (including phenoxy) is 1. The largest absolute Gasteiger partial charge is 0.438 e. The standard InChI is InChI=1S/C13H14Cl2N4O3S/c1-18(2)8-16-23(20,21)10-6-4-9(5-7-10)22-13-11(14)12(15)17-19(13)3/h4-8H,1-3H3/b16-8-. The van der Waals surface area contributed by atoms with Gasteiger partial charge in [0.2, 0.25) is 5.88 Å². The van der Waals surface area contributed by atoms with Crippen molar-refractivity contribution in [1.82, 2.24) is 14.7 Å². The van der Waals surface area contributed by atoms with Gasteiger partial charge in [-0.05, 0) is 24.3 Å². The molecule has 0 aliphatic rings. The lowest BCUT2D eigenvalue weighted by molar-refractivity contribution is 0.430. The summed E-state index contributed by atoms with van der Waals surface area (Å²) in [6, 6.07) is 5.78. The molecule has 0 spiro atoms. The van der Waals surface area contributed by atoms with E-state index in [4.69, 9.17) is 27.9 Å². The summed E-state index contributed by atoms with van der Waals surface area (Å²) < 4.78 is 34.5. The zero-order chi connectivity index (χ0) is 17.2. The summed E-state index contributed by atoms with van der Waals surface area (Å²) in [6.45, 7) is 0. The highest BCUT2D eigenvalue weighted by atomic mass is 35.5. The van der Waals surface area contributed by atoms with E-state index in [1.165, 1.54) is 40.2 Å². The second-order valence-electron chi connectivity index (χ2n) is 4.77. The molecule has 0 saturated carbocycles. The Kier molecular flexibility index (Phi) is 5.18. The Morgan fingerprint density at radius 3 is 2.35 bits per heavy atom. The zero-order valence-corrected chi connectivity index (χ0v) is 14.9. The first-order valence-electron chi connectivity index (χ1n) is 6.33. The molecule has 0 atom stereocenters. The monoisotopic (exact) mass is 376 g/mol. The van der Waals surface area contributed by atoms with Crippen LogP contribution in [0.3, 0.4) is 0 Å². The molecule has 0 unspecified atom stereocenters. The molecule has 1 heterocycles. The maximum atomic E-state index is 12.0. The van der Waals surface area contributed by atoms with Gasteiger partial charge in [-0.3, -0.25) is 0 Å². The Bertz CT molecular complexity index is 830. The van der Waals surface area contributed by atoms with Crippen LogP contribution in [-0.2, 0) is 17.1 Å². The highest BCUT2D eigenvalue weighted by Gasteiger charge is 2.16.